The summed E-state index contributed by atoms with van der Waals surface area (Å²) in [5.74, 6) is 0. The van der Waals surface area contributed by atoms with E-state index in [1.807, 2.05) is 0 Å². The Kier molecular flexibility index (Phi) is 7.45. The second kappa shape index (κ2) is 8.46. The molecule has 24 heavy (non-hydrogen) atoms. The molecular weight excluding hydrogens is 294 g/mol. The molecule has 0 spiro atoms. The number of hydrogen-bond donors (Lipinski definition) is 2. The van der Waals surface area contributed by atoms with Crippen LogP contribution < -0.4 is 11.5 Å². The lowest BCUT2D eigenvalue weighted by atomic mass is 9.79. The summed E-state index contributed by atoms with van der Waals surface area (Å²) in [5, 5.41) is 0. The fraction of sp³-hybridized carbons (Fsp3) is 0.714. The number of nitrogens with zero attached hydrogens (tertiary/aromatic N) is 1. The Morgan fingerprint density at radius 2 is 1.46 bits per heavy atom. The number of rotatable bonds is 7. The van der Waals surface area contributed by atoms with Crippen molar-refractivity contribution in [2.45, 2.75) is 77.8 Å². The van der Waals surface area contributed by atoms with Crippen LogP contribution in [0.3, 0.4) is 0 Å². The highest BCUT2D eigenvalue weighted by Gasteiger charge is 2.21. The second-order valence-electron chi connectivity index (χ2n) is 9.31. The zero-order valence-corrected chi connectivity index (χ0v) is 16.9. The minimum absolute atomic E-state index is 0.159. The zero-order valence-electron chi connectivity index (χ0n) is 16.9. The van der Waals surface area contributed by atoms with Crippen LogP contribution in [0.2, 0.25) is 0 Å². The second-order valence-corrected chi connectivity index (χ2v) is 9.31. The lowest BCUT2D eigenvalue weighted by Crippen LogP contribution is -2.35. The normalized spacial score (nSPS) is 14.2. The Hall–Kier alpha value is -0.900. The molecule has 0 saturated heterocycles. The molecule has 0 amide bonds. The summed E-state index contributed by atoms with van der Waals surface area (Å²) < 4.78 is 0. The van der Waals surface area contributed by atoms with Crippen LogP contribution in [0, 0.1) is 0 Å². The summed E-state index contributed by atoms with van der Waals surface area (Å²) >= 11 is 0. The van der Waals surface area contributed by atoms with Crippen LogP contribution in [-0.4, -0.2) is 31.1 Å². The Morgan fingerprint density at radius 3 is 1.88 bits per heavy atom. The van der Waals surface area contributed by atoms with Crippen molar-refractivity contribution in [2.75, 3.05) is 20.1 Å². The van der Waals surface area contributed by atoms with E-state index < -0.39 is 0 Å². The lowest BCUT2D eigenvalue weighted by molar-refractivity contribution is 0.296. The molecule has 0 heterocycles. The summed E-state index contributed by atoms with van der Waals surface area (Å²) in [6.07, 6.45) is 2.00. The Balaban J connectivity index is 2.94. The lowest BCUT2D eigenvalue weighted by Gasteiger charge is -2.28. The highest BCUT2D eigenvalue weighted by atomic mass is 15.1. The molecule has 138 valence electrons. The Morgan fingerprint density at radius 1 is 0.958 bits per heavy atom. The first kappa shape index (κ1) is 21.1. The molecule has 0 aromatic heterocycles. The molecule has 0 unspecified atom stereocenters. The van der Waals surface area contributed by atoms with Crippen LogP contribution in [0.5, 0.6) is 0 Å². The number of hydrogen-bond acceptors (Lipinski definition) is 3. The van der Waals surface area contributed by atoms with E-state index in [-0.39, 0.29) is 16.9 Å². The van der Waals surface area contributed by atoms with Crippen molar-refractivity contribution < 1.29 is 0 Å². The van der Waals surface area contributed by atoms with Gasteiger partial charge in [-0.1, -0.05) is 59.7 Å². The number of likely N-dealkylation sites (N-methyl/N-ethyl adjacent to an activating group) is 1. The van der Waals surface area contributed by atoms with E-state index in [0.717, 1.165) is 32.5 Å². The van der Waals surface area contributed by atoms with E-state index in [0.29, 0.717) is 0 Å². The molecule has 0 fully saturated rings. The summed E-state index contributed by atoms with van der Waals surface area (Å²) in [6, 6.07) is 7.29. The van der Waals surface area contributed by atoms with Gasteiger partial charge in [-0.05, 0) is 54.0 Å². The van der Waals surface area contributed by atoms with Gasteiger partial charge in [-0.3, -0.25) is 0 Å². The van der Waals surface area contributed by atoms with Gasteiger partial charge in [-0.25, -0.2) is 0 Å². The maximum Gasteiger partial charge on any atom is 0.0231 e. The van der Waals surface area contributed by atoms with Gasteiger partial charge in [0.1, 0.15) is 0 Å². The average Bonchev–Trinajstić information content (AvgIpc) is 2.42. The minimum Gasteiger partial charge on any atom is -0.330 e. The maximum atomic E-state index is 6.22. The first-order chi connectivity index (χ1) is 10.9. The quantitative estimate of drug-likeness (QED) is 0.798. The van der Waals surface area contributed by atoms with Gasteiger partial charge in [0.05, 0.1) is 0 Å². The molecule has 4 N–H and O–H groups in total. The van der Waals surface area contributed by atoms with Crippen LogP contribution in [0.25, 0.3) is 0 Å². The molecule has 0 bridgehead atoms. The summed E-state index contributed by atoms with van der Waals surface area (Å²) in [4.78, 5) is 2.33. The van der Waals surface area contributed by atoms with E-state index in [1.165, 1.54) is 16.7 Å². The summed E-state index contributed by atoms with van der Waals surface area (Å²) in [7, 11) is 2.16. The number of benzene rings is 1. The van der Waals surface area contributed by atoms with Crippen LogP contribution in [-0.2, 0) is 17.4 Å². The van der Waals surface area contributed by atoms with Gasteiger partial charge >= 0.3 is 0 Å². The molecule has 0 radical (unpaired) electrons. The van der Waals surface area contributed by atoms with Crippen molar-refractivity contribution in [1.82, 2.24) is 4.90 Å². The number of nitrogens with two attached hydrogens (primary N) is 2. The highest BCUT2D eigenvalue weighted by Crippen LogP contribution is 2.30. The van der Waals surface area contributed by atoms with E-state index in [1.54, 1.807) is 0 Å². The standard InChI is InChI=1S/C21H39N3/c1-20(2,3)17-11-16(12-18(13-17)21(4,5)6)14-24(7)15-19(23)9-8-10-22/h11-13,19H,8-10,14-15,22-23H2,1-7H3/t19-/m0/s1. The predicted molar refractivity (Wildman–Crippen MR) is 106 cm³/mol. The van der Waals surface area contributed by atoms with Gasteiger partial charge in [-0.2, -0.15) is 0 Å². The maximum absolute atomic E-state index is 6.22. The average molecular weight is 334 g/mol. The molecule has 3 nitrogen and oxygen atoms in total. The van der Waals surface area contributed by atoms with Crippen molar-refractivity contribution in [1.29, 1.82) is 0 Å². The molecule has 0 saturated carbocycles. The van der Waals surface area contributed by atoms with E-state index in [4.69, 9.17) is 11.5 Å². The third kappa shape index (κ3) is 6.92. The first-order valence-corrected chi connectivity index (χ1v) is 9.22. The van der Waals surface area contributed by atoms with E-state index in [2.05, 4.69) is 71.7 Å². The SMILES string of the molecule is CN(Cc1cc(C(C)(C)C)cc(C(C)(C)C)c1)C[C@@H](N)CCCN. The topological polar surface area (TPSA) is 55.3 Å². The Bertz CT molecular complexity index is 477. The zero-order chi connectivity index (χ0) is 18.5. The largest absolute Gasteiger partial charge is 0.330 e. The van der Waals surface area contributed by atoms with Crippen molar-refractivity contribution in [2.24, 2.45) is 11.5 Å². The molecular formula is C21H39N3. The van der Waals surface area contributed by atoms with Gasteiger partial charge in [0, 0.05) is 19.1 Å². The molecule has 1 atom stereocenters. The van der Waals surface area contributed by atoms with Crippen molar-refractivity contribution in [3.05, 3.63) is 34.9 Å². The molecule has 0 aliphatic carbocycles. The van der Waals surface area contributed by atoms with Crippen LogP contribution >= 0.6 is 0 Å². The van der Waals surface area contributed by atoms with Crippen molar-refractivity contribution in [3.63, 3.8) is 0 Å². The first-order valence-electron chi connectivity index (χ1n) is 9.22. The molecule has 1 rings (SSSR count). The van der Waals surface area contributed by atoms with E-state index >= 15 is 0 Å². The van der Waals surface area contributed by atoms with Gasteiger partial charge in [-0.15, -0.1) is 0 Å². The fourth-order valence-electron chi connectivity index (χ4n) is 2.90. The Labute approximate surface area is 149 Å². The monoisotopic (exact) mass is 333 g/mol. The van der Waals surface area contributed by atoms with Gasteiger partial charge in [0.2, 0.25) is 0 Å². The summed E-state index contributed by atoms with van der Waals surface area (Å²) in [5.41, 5.74) is 16.3. The molecule has 1 aromatic carbocycles. The van der Waals surface area contributed by atoms with Gasteiger partial charge in [0.25, 0.3) is 0 Å². The van der Waals surface area contributed by atoms with Crippen molar-refractivity contribution in [3.8, 4) is 0 Å². The molecule has 3 heteroatoms. The van der Waals surface area contributed by atoms with Crippen molar-refractivity contribution >= 4 is 0 Å². The molecule has 1 aromatic rings. The highest BCUT2D eigenvalue weighted by molar-refractivity contribution is 5.37. The van der Waals surface area contributed by atoms with Crippen LogP contribution in [0.4, 0.5) is 0 Å². The van der Waals surface area contributed by atoms with E-state index in [9.17, 15) is 0 Å². The fourth-order valence-corrected chi connectivity index (χ4v) is 2.90. The smallest absolute Gasteiger partial charge is 0.0231 e. The van der Waals surface area contributed by atoms with Gasteiger partial charge in [0.15, 0.2) is 0 Å². The predicted octanol–water partition coefficient (Wildman–Crippen LogP) is 3.78. The van der Waals surface area contributed by atoms with Crippen LogP contribution in [0.1, 0.15) is 71.1 Å². The third-order valence-electron chi connectivity index (χ3n) is 4.50. The van der Waals surface area contributed by atoms with Crippen LogP contribution in [0.15, 0.2) is 18.2 Å². The third-order valence-corrected chi connectivity index (χ3v) is 4.50. The van der Waals surface area contributed by atoms with Gasteiger partial charge < -0.3 is 16.4 Å². The minimum atomic E-state index is 0.159. The molecule has 0 aliphatic rings. The summed E-state index contributed by atoms with van der Waals surface area (Å²) in [6.45, 7) is 16.3. The molecule has 0 aliphatic heterocycles.